The Morgan fingerprint density at radius 2 is 2.15 bits per heavy atom. The van der Waals surface area contributed by atoms with Crippen molar-refractivity contribution in [2.75, 3.05) is 11.9 Å². The predicted octanol–water partition coefficient (Wildman–Crippen LogP) is -0.308. The van der Waals surface area contributed by atoms with Gasteiger partial charge in [0, 0.05) is 17.3 Å². The number of nitro groups is 1. The lowest BCUT2D eigenvalue weighted by atomic mass is 10.6. The monoisotopic (exact) mass is 182 g/mol. The Bertz CT molecular complexity index is 313. The molecule has 0 aromatic carbocycles. The molecule has 0 radical (unpaired) electrons. The lowest BCUT2D eigenvalue weighted by molar-refractivity contribution is -0.467. The molecule has 68 valence electrons. The van der Waals surface area contributed by atoms with Crippen LogP contribution in [0.5, 0.6) is 0 Å². The van der Waals surface area contributed by atoms with Crippen LogP contribution < -0.4 is 5.32 Å². The maximum Gasteiger partial charge on any atom is 0.298 e. The van der Waals surface area contributed by atoms with Gasteiger partial charge in [0.05, 0.1) is 0 Å². The largest absolute Gasteiger partial charge is 0.298 e. The molecule has 1 aromatic heterocycles. The van der Waals surface area contributed by atoms with Gasteiger partial charge < -0.3 is 0 Å². The number of amides is 1. The van der Waals surface area contributed by atoms with Crippen LogP contribution >= 0.6 is 0 Å². The zero-order chi connectivity index (χ0) is 9.68. The fraction of sp³-hybridized carbons (Fsp3) is 0.167. The van der Waals surface area contributed by atoms with Gasteiger partial charge >= 0.3 is 0 Å². The van der Waals surface area contributed by atoms with Crippen LogP contribution in [-0.4, -0.2) is 27.3 Å². The highest BCUT2D eigenvalue weighted by atomic mass is 16.6. The van der Waals surface area contributed by atoms with E-state index in [0.717, 1.165) is 0 Å². The van der Waals surface area contributed by atoms with Gasteiger partial charge in [-0.3, -0.25) is 20.2 Å². The molecule has 0 unspecified atom stereocenters. The van der Waals surface area contributed by atoms with Crippen molar-refractivity contribution in [3.8, 4) is 0 Å². The fourth-order valence-corrected chi connectivity index (χ4v) is 0.645. The Kier molecular flexibility index (Phi) is 2.85. The van der Waals surface area contributed by atoms with E-state index in [0.29, 0.717) is 0 Å². The van der Waals surface area contributed by atoms with E-state index in [9.17, 15) is 14.9 Å². The molecule has 0 saturated heterocycles. The standard InChI is InChI=1S/C6H6N4O3/c11-5(4-10(12)13)9-6-7-2-1-3-8-6/h1-3H,4H2,(H,7,8,9,11). The molecule has 0 fully saturated rings. The van der Waals surface area contributed by atoms with Crippen LogP contribution in [0.15, 0.2) is 18.5 Å². The Balaban J connectivity index is 2.50. The topological polar surface area (TPSA) is 98.0 Å². The molecule has 0 aliphatic heterocycles. The van der Waals surface area contributed by atoms with Crippen molar-refractivity contribution in [3.05, 3.63) is 28.6 Å². The summed E-state index contributed by atoms with van der Waals surface area (Å²) in [7, 11) is 0. The molecule has 0 atom stereocenters. The molecule has 0 aliphatic rings. The Morgan fingerprint density at radius 1 is 1.54 bits per heavy atom. The van der Waals surface area contributed by atoms with Crippen molar-refractivity contribution in [1.82, 2.24) is 9.97 Å². The summed E-state index contributed by atoms with van der Waals surface area (Å²) in [6.45, 7) is -0.780. The molecule has 0 bridgehead atoms. The summed E-state index contributed by atoms with van der Waals surface area (Å²) < 4.78 is 0. The minimum Gasteiger partial charge on any atom is -0.289 e. The molecular weight excluding hydrogens is 176 g/mol. The minimum absolute atomic E-state index is 0.0642. The number of carbonyl (C=O) groups excluding carboxylic acids is 1. The second-order valence-corrected chi connectivity index (χ2v) is 2.11. The van der Waals surface area contributed by atoms with Gasteiger partial charge in [0.25, 0.3) is 12.5 Å². The number of hydrogen-bond donors (Lipinski definition) is 1. The molecule has 1 N–H and O–H groups in total. The summed E-state index contributed by atoms with van der Waals surface area (Å²) in [5.41, 5.74) is 0. The average molecular weight is 182 g/mol. The number of hydrogen-bond acceptors (Lipinski definition) is 5. The molecule has 7 nitrogen and oxygen atoms in total. The molecule has 0 spiro atoms. The van der Waals surface area contributed by atoms with Gasteiger partial charge in [-0.25, -0.2) is 9.97 Å². The third-order valence-corrected chi connectivity index (χ3v) is 1.09. The van der Waals surface area contributed by atoms with E-state index in [-0.39, 0.29) is 5.95 Å². The number of anilines is 1. The van der Waals surface area contributed by atoms with Crippen molar-refractivity contribution in [2.45, 2.75) is 0 Å². The molecular formula is C6H6N4O3. The Hall–Kier alpha value is -2.05. The quantitative estimate of drug-likeness (QED) is 0.510. The summed E-state index contributed by atoms with van der Waals surface area (Å²) in [6.07, 6.45) is 2.85. The zero-order valence-corrected chi connectivity index (χ0v) is 6.51. The lowest BCUT2D eigenvalue weighted by Crippen LogP contribution is -2.22. The summed E-state index contributed by atoms with van der Waals surface area (Å²) in [5, 5.41) is 12.1. The molecule has 1 rings (SSSR count). The van der Waals surface area contributed by atoms with E-state index < -0.39 is 17.4 Å². The maximum absolute atomic E-state index is 10.8. The molecule has 7 heteroatoms. The first-order valence-electron chi connectivity index (χ1n) is 3.37. The minimum atomic E-state index is -0.780. The Labute approximate surface area is 73.0 Å². The third-order valence-electron chi connectivity index (χ3n) is 1.09. The number of aromatic nitrogens is 2. The van der Waals surface area contributed by atoms with E-state index in [2.05, 4.69) is 15.3 Å². The molecule has 13 heavy (non-hydrogen) atoms. The van der Waals surface area contributed by atoms with Gasteiger partial charge in [-0.2, -0.15) is 0 Å². The van der Waals surface area contributed by atoms with E-state index >= 15 is 0 Å². The van der Waals surface area contributed by atoms with E-state index in [1.54, 1.807) is 6.07 Å². The lowest BCUT2D eigenvalue weighted by Gasteiger charge is -1.97. The van der Waals surface area contributed by atoms with Crippen LogP contribution in [0.25, 0.3) is 0 Å². The normalized spacial score (nSPS) is 9.23. The first-order chi connectivity index (χ1) is 6.18. The van der Waals surface area contributed by atoms with Crippen LogP contribution in [0.1, 0.15) is 0 Å². The van der Waals surface area contributed by atoms with E-state index in [4.69, 9.17) is 0 Å². The van der Waals surface area contributed by atoms with Crippen LogP contribution in [0.2, 0.25) is 0 Å². The predicted molar refractivity (Wildman–Crippen MR) is 42.5 cm³/mol. The number of rotatable bonds is 3. The zero-order valence-electron chi connectivity index (χ0n) is 6.51. The Morgan fingerprint density at radius 3 is 2.69 bits per heavy atom. The molecule has 0 aliphatic carbocycles. The van der Waals surface area contributed by atoms with Crippen LogP contribution in [0.4, 0.5) is 5.95 Å². The van der Waals surface area contributed by atoms with Crippen LogP contribution in [-0.2, 0) is 4.79 Å². The number of nitrogens with one attached hydrogen (secondary N) is 1. The fourth-order valence-electron chi connectivity index (χ4n) is 0.645. The van der Waals surface area contributed by atoms with Crippen LogP contribution in [0, 0.1) is 10.1 Å². The molecule has 1 heterocycles. The van der Waals surface area contributed by atoms with E-state index in [1.165, 1.54) is 12.4 Å². The molecule has 1 aromatic rings. The first-order valence-corrected chi connectivity index (χ1v) is 3.37. The second-order valence-electron chi connectivity index (χ2n) is 2.11. The van der Waals surface area contributed by atoms with Gasteiger partial charge in [0.2, 0.25) is 5.95 Å². The van der Waals surface area contributed by atoms with Gasteiger partial charge in [-0.05, 0) is 6.07 Å². The highest BCUT2D eigenvalue weighted by Gasteiger charge is 2.09. The van der Waals surface area contributed by atoms with Gasteiger partial charge in [-0.15, -0.1) is 0 Å². The van der Waals surface area contributed by atoms with Crippen molar-refractivity contribution in [3.63, 3.8) is 0 Å². The highest BCUT2D eigenvalue weighted by Crippen LogP contribution is 1.92. The molecule has 1 amide bonds. The summed E-state index contributed by atoms with van der Waals surface area (Å²) >= 11 is 0. The molecule has 0 saturated carbocycles. The van der Waals surface area contributed by atoms with Gasteiger partial charge in [-0.1, -0.05) is 0 Å². The summed E-state index contributed by atoms with van der Waals surface area (Å²) in [4.78, 5) is 27.3. The summed E-state index contributed by atoms with van der Waals surface area (Å²) in [6, 6.07) is 1.57. The van der Waals surface area contributed by atoms with Crippen molar-refractivity contribution >= 4 is 11.9 Å². The maximum atomic E-state index is 10.8. The number of nitrogens with zero attached hydrogens (tertiary/aromatic N) is 3. The van der Waals surface area contributed by atoms with Gasteiger partial charge in [0.1, 0.15) is 0 Å². The van der Waals surface area contributed by atoms with Crippen molar-refractivity contribution in [2.24, 2.45) is 0 Å². The highest BCUT2D eigenvalue weighted by molar-refractivity contribution is 5.89. The number of carbonyl (C=O) groups is 1. The summed E-state index contributed by atoms with van der Waals surface area (Å²) in [5.74, 6) is -0.675. The first kappa shape index (κ1) is 9.04. The third kappa shape index (κ3) is 3.23. The van der Waals surface area contributed by atoms with Crippen molar-refractivity contribution < 1.29 is 9.72 Å². The average Bonchev–Trinajstić information content (AvgIpc) is 2.04. The van der Waals surface area contributed by atoms with E-state index in [1.807, 2.05) is 0 Å². The smallest absolute Gasteiger partial charge is 0.289 e. The SMILES string of the molecule is O=C(C[N+](=O)[O-])Nc1ncccn1. The second kappa shape index (κ2) is 4.10. The van der Waals surface area contributed by atoms with Gasteiger partial charge in [0.15, 0.2) is 0 Å². The van der Waals surface area contributed by atoms with Crippen molar-refractivity contribution in [1.29, 1.82) is 0 Å². The van der Waals surface area contributed by atoms with Crippen LogP contribution in [0.3, 0.4) is 0 Å².